The average molecular weight is 277 g/mol. The van der Waals surface area contributed by atoms with Gasteiger partial charge in [-0.2, -0.15) is 0 Å². The van der Waals surface area contributed by atoms with Crippen molar-refractivity contribution in [2.45, 2.75) is 6.42 Å². The van der Waals surface area contributed by atoms with Crippen molar-refractivity contribution >= 4 is 17.6 Å². The van der Waals surface area contributed by atoms with Crippen molar-refractivity contribution in [3.8, 4) is 0 Å². The molecule has 6 nitrogen and oxygen atoms in total. The Kier molecular flexibility index (Phi) is 5.37. The first kappa shape index (κ1) is 14.3. The first-order valence-electron chi connectivity index (χ1n) is 6.71. The van der Waals surface area contributed by atoms with Crippen molar-refractivity contribution in [2.75, 3.05) is 38.2 Å². The summed E-state index contributed by atoms with van der Waals surface area (Å²) in [6.45, 7) is 2.67. The third-order valence-electron chi connectivity index (χ3n) is 2.98. The molecule has 1 aromatic carbocycles. The van der Waals surface area contributed by atoms with E-state index in [-0.39, 0.29) is 18.4 Å². The van der Waals surface area contributed by atoms with Gasteiger partial charge in [0, 0.05) is 31.7 Å². The highest BCUT2D eigenvalue weighted by Crippen LogP contribution is 2.05. The van der Waals surface area contributed by atoms with E-state index in [1.807, 2.05) is 30.3 Å². The Morgan fingerprint density at radius 2 is 1.85 bits per heavy atom. The molecule has 0 radical (unpaired) electrons. The Morgan fingerprint density at radius 1 is 1.15 bits per heavy atom. The highest BCUT2D eigenvalue weighted by molar-refractivity contribution is 5.91. The summed E-state index contributed by atoms with van der Waals surface area (Å²) in [6, 6.07) is 9.11. The normalized spacial score (nSPS) is 14.7. The maximum Gasteiger partial charge on any atom is 0.317 e. The van der Waals surface area contributed by atoms with Gasteiger partial charge < -0.3 is 20.3 Å². The van der Waals surface area contributed by atoms with Crippen molar-refractivity contribution in [3.63, 3.8) is 0 Å². The number of morpholine rings is 1. The topological polar surface area (TPSA) is 70.7 Å². The number of carbonyl (C=O) groups is 2. The van der Waals surface area contributed by atoms with Crippen LogP contribution in [0.3, 0.4) is 0 Å². The number of anilines is 1. The fourth-order valence-corrected chi connectivity index (χ4v) is 1.91. The second-order valence-corrected chi connectivity index (χ2v) is 4.50. The molecule has 1 fully saturated rings. The van der Waals surface area contributed by atoms with E-state index in [0.717, 1.165) is 5.69 Å². The molecule has 1 saturated heterocycles. The van der Waals surface area contributed by atoms with Crippen molar-refractivity contribution in [1.29, 1.82) is 0 Å². The molecule has 1 aliphatic rings. The fourth-order valence-electron chi connectivity index (χ4n) is 1.91. The zero-order chi connectivity index (χ0) is 14.2. The average Bonchev–Trinajstić information content (AvgIpc) is 2.49. The number of urea groups is 1. The van der Waals surface area contributed by atoms with Crippen LogP contribution >= 0.6 is 0 Å². The second kappa shape index (κ2) is 7.49. The first-order valence-corrected chi connectivity index (χ1v) is 6.71. The number of para-hydroxylation sites is 1. The molecule has 2 rings (SSSR count). The third kappa shape index (κ3) is 4.55. The summed E-state index contributed by atoms with van der Waals surface area (Å²) < 4.78 is 5.17. The Morgan fingerprint density at radius 3 is 2.55 bits per heavy atom. The van der Waals surface area contributed by atoms with E-state index in [9.17, 15) is 9.59 Å². The van der Waals surface area contributed by atoms with Gasteiger partial charge in [-0.05, 0) is 12.1 Å². The van der Waals surface area contributed by atoms with Crippen LogP contribution in [0.5, 0.6) is 0 Å². The predicted molar refractivity (Wildman–Crippen MR) is 75.5 cm³/mol. The highest BCUT2D eigenvalue weighted by Gasteiger charge is 2.16. The molecule has 6 heteroatoms. The van der Waals surface area contributed by atoms with Crippen molar-refractivity contribution in [3.05, 3.63) is 30.3 Å². The van der Waals surface area contributed by atoms with Crippen LogP contribution in [0.2, 0.25) is 0 Å². The second-order valence-electron chi connectivity index (χ2n) is 4.50. The molecule has 20 heavy (non-hydrogen) atoms. The Bertz CT molecular complexity index is 444. The smallest absolute Gasteiger partial charge is 0.317 e. The molecule has 0 aromatic heterocycles. The van der Waals surface area contributed by atoms with E-state index in [0.29, 0.717) is 32.8 Å². The molecular formula is C14H19N3O3. The quantitative estimate of drug-likeness (QED) is 0.864. The summed E-state index contributed by atoms with van der Waals surface area (Å²) in [5.74, 6) is -0.113. The molecule has 2 N–H and O–H groups in total. The number of nitrogens with zero attached hydrogens (tertiary/aromatic N) is 1. The Labute approximate surface area is 118 Å². The van der Waals surface area contributed by atoms with E-state index in [1.165, 1.54) is 0 Å². The summed E-state index contributed by atoms with van der Waals surface area (Å²) in [5, 5.41) is 5.51. The highest BCUT2D eigenvalue weighted by atomic mass is 16.5. The van der Waals surface area contributed by atoms with E-state index in [4.69, 9.17) is 4.74 Å². The van der Waals surface area contributed by atoms with Crippen LogP contribution in [0.15, 0.2) is 30.3 Å². The zero-order valence-electron chi connectivity index (χ0n) is 11.3. The van der Waals surface area contributed by atoms with E-state index in [1.54, 1.807) is 4.90 Å². The summed E-state index contributed by atoms with van der Waals surface area (Å²) in [4.78, 5) is 25.1. The zero-order valence-corrected chi connectivity index (χ0v) is 11.3. The van der Waals surface area contributed by atoms with Crippen molar-refractivity contribution in [2.24, 2.45) is 0 Å². The lowest BCUT2D eigenvalue weighted by Crippen LogP contribution is -2.46. The number of carbonyl (C=O) groups excluding carboxylic acids is 2. The largest absolute Gasteiger partial charge is 0.378 e. The Balaban J connectivity index is 1.65. The number of hydrogen-bond donors (Lipinski definition) is 2. The summed E-state index contributed by atoms with van der Waals surface area (Å²) in [7, 11) is 0. The summed E-state index contributed by atoms with van der Waals surface area (Å²) in [5.41, 5.74) is 0.761. The molecule has 0 unspecified atom stereocenters. The van der Waals surface area contributed by atoms with Gasteiger partial charge in [0.1, 0.15) is 0 Å². The maximum atomic E-state index is 11.8. The van der Waals surface area contributed by atoms with E-state index >= 15 is 0 Å². The minimum absolute atomic E-state index is 0.113. The molecule has 0 spiro atoms. The van der Waals surface area contributed by atoms with E-state index in [2.05, 4.69) is 10.6 Å². The number of nitrogens with one attached hydrogen (secondary N) is 2. The third-order valence-corrected chi connectivity index (χ3v) is 2.98. The molecular weight excluding hydrogens is 258 g/mol. The monoisotopic (exact) mass is 277 g/mol. The molecule has 1 aliphatic heterocycles. The predicted octanol–water partition coefficient (Wildman–Crippen LogP) is 1.06. The Hall–Kier alpha value is -2.08. The SMILES string of the molecule is O=C(CCNC(=O)N1CCOCC1)Nc1ccccc1. The first-order chi connectivity index (χ1) is 9.75. The number of amides is 3. The standard InChI is InChI=1S/C14H19N3O3/c18-13(16-12-4-2-1-3-5-12)6-7-15-14(19)17-8-10-20-11-9-17/h1-5H,6-11H2,(H,15,19)(H,16,18). The van der Waals surface area contributed by atoms with Gasteiger partial charge in [-0.3, -0.25) is 4.79 Å². The van der Waals surface area contributed by atoms with Crippen LogP contribution in [0.25, 0.3) is 0 Å². The van der Waals surface area contributed by atoms with Crippen LogP contribution < -0.4 is 10.6 Å². The van der Waals surface area contributed by atoms with Gasteiger partial charge in [0.15, 0.2) is 0 Å². The van der Waals surface area contributed by atoms with Gasteiger partial charge in [0.25, 0.3) is 0 Å². The number of rotatable bonds is 4. The van der Waals surface area contributed by atoms with Gasteiger partial charge in [-0.1, -0.05) is 18.2 Å². The number of ether oxygens (including phenoxy) is 1. The molecule has 3 amide bonds. The summed E-state index contributed by atoms with van der Waals surface area (Å²) in [6.07, 6.45) is 0.255. The summed E-state index contributed by atoms with van der Waals surface area (Å²) >= 11 is 0. The van der Waals surface area contributed by atoms with Crippen molar-refractivity contribution < 1.29 is 14.3 Å². The molecule has 0 bridgehead atoms. The lowest BCUT2D eigenvalue weighted by atomic mass is 10.3. The van der Waals surface area contributed by atoms with Gasteiger partial charge in [-0.25, -0.2) is 4.79 Å². The van der Waals surface area contributed by atoms with Gasteiger partial charge in [0.2, 0.25) is 5.91 Å². The van der Waals surface area contributed by atoms with Crippen LogP contribution in [-0.2, 0) is 9.53 Å². The van der Waals surface area contributed by atoms with Gasteiger partial charge in [0.05, 0.1) is 13.2 Å². The minimum atomic E-state index is -0.138. The van der Waals surface area contributed by atoms with Crippen LogP contribution in [-0.4, -0.2) is 49.7 Å². The van der Waals surface area contributed by atoms with Crippen LogP contribution in [0, 0.1) is 0 Å². The fraction of sp³-hybridized carbons (Fsp3) is 0.429. The molecule has 0 aliphatic carbocycles. The van der Waals surface area contributed by atoms with Gasteiger partial charge in [-0.15, -0.1) is 0 Å². The van der Waals surface area contributed by atoms with Crippen LogP contribution in [0.4, 0.5) is 10.5 Å². The number of benzene rings is 1. The lowest BCUT2D eigenvalue weighted by Gasteiger charge is -2.26. The maximum absolute atomic E-state index is 11.8. The van der Waals surface area contributed by atoms with Crippen molar-refractivity contribution in [1.82, 2.24) is 10.2 Å². The molecule has 1 aromatic rings. The molecule has 0 saturated carbocycles. The van der Waals surface area contributed by atoms with Gasteiger partial charge >= 0.3 is 6.03 Å². The number of hydrogen-bond acceptors (Lipinski definition) is 3. The lowest BCUT2D eigenvalue weighted by molar-refractivity contribution is -0.116. The molecule has 108 valence electrons. The van der Waals surface area contributed by atoms with E-state index < -0.39 is 0 Å². The minimum Gasteiger partial charge on any atom is -0.378 e. The van der Waals surface area contributed by atoms with Crippen LogP contribution in [0.1, 0.15) is 6.42 Å². The molecule has 0 atom stereocenters. The molecule has 1 heterocycles.